The van der Waals surface area contributed by atoms with E-state index in [1.807, 2.05) is 29.2 Å². The van der Waals surface area contributed by atoms with Crippen LogP contribution < -0.4 is 10.3 Å². The van der Waals surface area contributed by atoms with E-state index in [-0.39, 0.29) is 17.5 Å². The van der Waals surface area contributed by atoms with Crippen molar-refractivity contribution >= 4 is 16.8 Å². The third kappa shape index (κ3) is 3.37. The monoisotopic (exact) mass is 408 g/mol. The highest BCUT2D eigenvalue weighted by Crippen LogP contribution is 2.25. The summed E-state index contributed by atoms with van der Waals surface area (Å²) in [7, 11) is 1.62. The number of amides is 1. The van der Waals surface area contributed by atoms with Crippen LogP contribution in [0.5, 0.6) is 5.75 Å². The SMILES string of the molecule is COc1ccc2cc(C(=O)N3CCCC3Cn3nc4c(cc3=O)COCC4)[nH]c2c1. The molecule has 3 aromatic rings. The zero-order valence-electron chi connectivity index (χ0n) is 16.9. The molecule has 2 aliphatic heterocycles. The quantitative estimate of drug-likeness (QED) is 0.714. The van der Waals surface area contributed by atoms with Gasteiger partial charge in [0, 0.05) is 41.6 Å². The molecule has 4 heterocycles. The van der Waals surface area contributed by atoms with E-state index in [1.165, 1.54) is 4.68 Å². The average molecular weight is 408 g/mol. The van der Waals surface area contributed by atoms with Crippen LogP contribution in [0.2, 0.25) is 0 Å². The Balaban J connectivity index is 1.39. The molecule has 5 rings (SSSR count). The van der Waals surface area contributed by atoms with Crippen LogP contribution in [-0.2, 0) is 24.3 Å². The summed E-state index contributed by atoms with van der Waals surface area (Å²) in [5.41, 5.74) is 3.06. The van der Waals surface area contributed by atoms with Crippen molar-refractivity contribution in [3.63, 3.8) is 0 Å². The van der Waals surface area contributed by atoms with Gasteiger partial charge in [-0.25, -0.2) is 4.68 Å². The fourth-order valence-corrected chi connectivity index (χ4v) is 4.38. The van der Waals surface area contributed by atoms with Crippen molar-refractivity contribution in [1.82, 2.24) is 19.7 Å². The zero-order valence-corrected chi connectivity index (χ0v) is 16.9. The van der Waals surface area contributed by atoms with E-state index in [0.717, 1.165) is 40.8 Å². The number of aromatic amines is 1. The smallest absolute Gasteiger partial charge is 0.270 e. The number of carbonyl (C=O) groups excluding carboxylic acids is 1. The van der Waals surface area contributed by atoms with Crippen LogP contribution in [0, 0.1) is 0 Å². The summed E-state index contributed by atoms with van der Waals surface area (Å²) in [5, 5.41) is 5.52. The van der Waals surface area contributed by atoms with Crippen LogP contribution in [0.25, 0.3) is 10.9 Å². The number of H-pyrrole nitrogens is 1. The van der Waals surface area contributed by atoms with Crippen LogP contribution in [0.15, 0.2) is 35.1 Å². The van der Waals surface area contributed by atoms with Crippen molar-refractivity contribution in [3.8, 4) is 5.75 Å². The van der Waals surface area contributed by atoms with Gasteiger partial charge in [0.1, 0.15) is 11.4 Å². The lowest BCUT2D eigenvalue weighted by Crippen LogP contribution is -2.41. The Morgan fingerprint density at radius 2 is 2.23 bits per heavy atom. The summed E-state index contributed by atoms with van der Waals surface area (Å²) < 4.78 is 12.2. The number of fused-ring (bicyclic) bond motifs is 2. The summed E-state index contributed by atoms with van der Waals surface area (Å²) >= 11 is 0. The lowest BCUT2D eigenvalue weighted by atomic mass is 10.1. The number of benzene rings is 1. The van der Waals surface area contributed by atoms with Crippen LogP contribution in [-0.4, -0.2) is 51.9 Å². The molecule has 1 N–H and O–H groups in total. The number of ether oxygens (including phenoxy) is 2. The highest BCUT2D eigenvalue weighted by Gasteiger charge is 2.31. The Labute approximate surface area is 173 Å². The summed E-state index contributed by atoms with van der Waals surface area (Å²) in [5.74, 6) is 0.692. The summed E-state index contributed by atoms with van der Waals surface area (Å²) in [4.78, 5) is 30.8. The summed E-state index contributed by atoms with van der Waals surface area (Å²) in [6.07, 6.45) is 2.48. The molecule has 2 aromatic heterocycles. The van der Waals surface area contributed by atoms with E-state index in [1.54, 1.807) is 13.2 Å². The minimum Gasteiger partial charge on any atom is -0.497 e. The zero-order chi connectivity index (χ0) is 20.7. The molecule has 0 aliphatic carbocycles. The van der Waals surface area contributed by atoms with Gasteiger partial charge in [-0.05, 0) is 31.0 Å². The number of hydrogen-bond donors (Lipinski definition) is 1. The molecule has 1 fully saturated rings. The second-order valence-corrected chi connectivity index (χ2v) is 7.87. The van der Waals surface area contributed by atoms with E-state index in [9.17, 15) is 9.59 Å². The Morgan fingerprint density at radius 1 is 1.33 bits per heavy atom. The molecule has 1 aromatic carbocycles. The van der Waals surface area contributed by atoms with Crippen LogP contribution in [0.3, 0.4) is 0 Å². The number of likely N-dealkylation sites (tertiary alicyclic amines) is 1. The Kier molecular flexibility index (Phi) is 4.78. The molecule has 0 saturated carbocycles. The molecular weight excluding hydrogens is 384 g/mol. The number of methoxy groups -OCH3 is 1. The molecule has 1 amide bonds. The Bertz CT molecular complexity index is 1170. The third-order valence-electron chi connectivity index (χ3n) is 5.99. The third-order valence-corrected chi connectivity index (χ3v) is 5.99. The standard InChI is InChI=1S/C22H24N4O4/c1-29-17-5-4-14-9-20(23-19(14)11-17)22(28)25-7-2-3-16(25)12-26-21(27)10-15-13-30-8-6-18(15)24-26/h4-5,9-11,16,23H,2-3,6-8,12-13H2,1H3. The number of nitrogens with one attached hydrogen (secondary N) is 1. The van der Waals surface area contributed by atoms with E-state index < -0.39 is 0 Å². The predicted molar refractivity (Wildman–Crippen MR) is 111 cm³/mol. The van der Waals surface area contributed by atoms with Gasteiger partial charge in [-0.15, -0.1) is 0 Å². The highest BCUT2D eigenvalue weighted by atomic mass is 16.5. The molecule has 30 heavy (non-hydrogen) atoms. The van der Waals surface area contributed by atoms with Crippen molar-refractivity contribution in [2.75, 3.05) is 20.3 Å². The lowest BCUT2D eigenvalue weighted by Gasteiger charge is -2.25. The minimum atomic E-state index is -0.142. The first-order chi connectivity index (χ1) is 14.6. The number of carbonyl (C=O) groups is 1. The molecule has 1 atom stereocenters. The van der Waals surface area contributed by atoms with Gasteiger partial charge < -0.3 is 19.4 Å². The van der Waals surface area contributed by atoms with Crippen molar-refractivity contribution in [3.05, 3.63) is 57.6 Å². The largest absolute Gasteiger partial charge is 0.497 e. The van der Waals surface area contributed by atoms with Crippen LogP contribution in [0.4, 0.5) is 0 Å². The molecule has 2 aliphatic rings. The van der Waals surface area contributed by atoms with Crippen molar-refractivity contribution in [1.29, 1.82) is 0 Å². The molecule has 1 saturated heterocycles. The molecule has 156 valence electrons. The van der Waals surface area contributed by atoms with Gasteiger partial charge in [-0.3, -0.25) is 9.59 Å². The first-order valence-corrected chi connectivity index (χ1v) is 10.3. The second kappa shape index (κ2) is 7.60. The molecule has 8 nitrogen and oxygen atoms in total. The van der Waals surface area contributed by atoms with Crippen molar-refractivity contribution in [2.24, 2.45) is 0 Å². The molecule has 0 spiro atoms. The van der Waals surface area contributed by atoms with Gasteiger partial charge >= 0.3 is 0 Å². The highest BCUT2D eigenvalue weighted by molar-refractivity contribution is 5.98. The molecule has 8 heteroatoms. The van der Waals surface area contributed by atoms with Crippen molar-refractivity contribution in [2.45, 2.75) is 38.5 Å². The van der Waals surface area contributed by atoms with Crippen molar-refractivity contribution < 1.29 is 14.3 Å². The van der Waals surface area contributed by atoms with Gasteiger partial charge in [0.15, 0.2) is 0 Å². The predicted octanol–water partition coefficient (Wildman–Crippen LogP) is 2.11. The van der Waals surface area contributed by atoms with Gasteiger partial charge in [0.05, 0.1) is 38.6 Å². The van der Waals surface area contributed by atoms with Gasteiger partial charge in [-0.2, -0.15) is 5.10 Å². The molecular formula is C22H24N4O4. The Morgan fingerprint density at radius 3 is 3.10 bits per heavy atom. The van der Waals surface area contributed by atoms with E-state index >= 15 is 0 Å². The summed E-state index contributed by atoms with van der Waals surface area (Å²) in [6.45, 7) is 2.15. The maximum Gasteiger partial charge on any atom is 0.270 e. The minimum absolute atomic E-state index is 0.0490. The van der Waals surface area contributed by atoms with E-state index in [2.05, 4.69) is 10.1 Å². The van der Waals surface area contributed by atoms with Crippen LogP contribution >= 0.6 is 0 Å². The normalized spacial score (nSPS) is 18.6. The van der Waals surface area contributed by atoms with Crippen LogP contribution in [0.1, 0.15) is 34.6 Å². The fraction of sp³-hybridized carbons (Fsp3) is 0.409. The molecule has 0 radical (unpaired) electrons. The second-order valence-electron chi connectivity index (χ2n) is 7.87. The first kappa shape index (κ1) is 18.9. The van der Waals surface area contributed by atoms with Gasteiger partial charge in [-0.1, -0.05) is 0 Å². The number of hydrogen-bond acceptors (Lipinski definition) is 5. The lowest BCUT2D eigenvalue weighted by molar-refractivity contribution is 0.0714. The number of rotatable bonds is 4. The maximum atomic E-state index is 13.2. The average Bonchev–Trinajstić information content (AvgIpc) is 3.40. The molecule has 1 unspecified atom stereocenters. The Hall–Kier alpha value is -3.13. The number of aromatic nitrogens is 3. The van der Waals surface area contributed by atoms with E-state index in [0.29, 0.717) is 38.4 Å². The van der Waals surface area contributed by atoms with Gasteiger partial charge in [0.2, 0.25) is 0 Å². The van der Waals surface area contributed by atoms with Gasteiger partial charge in [0.25, 0.3) is 11.5 Å². The number of nitrogens with zero attached hydrogens (tertiary/aromatic N) is 3. The maximum absolute atomic E-state index is 13.2. The summed E-state index contributed by atoms with van der Waals surface area (Å²) in [6, 6.07) is 9.13. The fourth-order valence-electron chi connectivity index (χ4n) is 4.38. The van der Waals surface area contributed by atoms with E-state index in [4.69, 9.17) is 9.47 Å². The topological polar surface area (TPSA) is 89.5 Å². The first-order valence-electron chi connectivity index (χ1n) is 10.3. The molecule has 0 bridgehead atoms.